The van der Waals surface area contributed by atoms with Gasteiger partial charge in [-0.1, -0.05) is 13.3 Å². The van der Waals surface area contributed by atoms with Crippen LogP contribution >= 0.6 is 0 Å². The molecule has 8 heteroatoms. The summed E-state index contributed by atoms with van der Waals surface area (Å²) in [6.45, 7) is 5.17. The summed E-state index contributed by atoms with van der Waals surface area (Å²) in [6, 6.07) is 0. The van der Waals surface area contributed by atoms with Crippen LogP contribution in [-0.4, -0.2) is 56.9 Å². The highest BCUT2D eigenvalue weighted by molar-refractivity contribution is 5.82. The highest BCUT2D eigenvalue weighted by atomic mass is 16.5. The average Bonchev–Trinajstić information content (AvgIpc) is 3.17. The molecule has 1 amide bonds. The van der Waals surface area contributed by atoms with Crippen molar-refractivity contribution in [3.63, 3.8) is 0 Å². The lowest BCUT2D eigenvalue weighted by Crippen LogP contribution is -2.61. The van der Waals surface area contributed by atoms with E-state index in [2.05, 4.69) is 15.2 Å². The monoisotopic (exact) mass is 333 g/mol. The third-order valence-electron chi connectivity index (χ3n) is 4.37. The van der Waals surface area contributed by atoms with Crippen LogP contribution in [0.2, 0.25) is 0 Å². The van der Waals surface area contributed by atoms with Gasteiger partial charge in [-0.25, -0.2) is 4.98 Å². The highest BCUT2D eigenvalue weighted by Gasteiger charge is 2.48. The van der Waals surface area contributed by atoms with E-state index in [1.807, 2.05) is 31.7 Å². The van der Waals surface area contributed by atoms with E-state index >= 15 is 0 Å². The van der Waals surface area contributed by atoms with Gasteiger partial charge in [0.1, 0.15) is 11.8 Å². The first-order valence-corrected chi connectivity index (χ1v) is 8.10. The van der Waals surface area contributed by atoms with Crippen molar-refractivity contribution in [1.29, 1.82) is 0 Å². The van der Waals surface area contributed by atoms with E-state index in [0.29, 0.717) is 30.6 Å². The third kappa shape index (κ3) is 2.93. The van der Waals surface area contributed by atoms with Gasteiger partial charge < -0.3 is 18.6 Å². The minimum absolute atomic E-state index is 0.0290. The van der Waals surface area contributed by atoms with Crippen LogP contribution in [0.1, 0.15) is 32.6 Å². The van der Waals surface area contributed by atoms with Gasteiger partial charge in [-0.3, -0.25) is 4.79 Å². The van der Waals surface area contributed by atoms with Crippen molar-refractivity contribution in [3.05, 3.63) is 18.4 Å². The molecule has 0 saturated carbocycles. The van der Waals surface area contributed by atoms with Crippen molar-refractivity contribution >= 4 is 5.91 Å². The van der Waals surface area contributed by atoms with Crippen molar-refractivity contribution < 1.29 is 13.9 Å². The molecular formula is C16H23N5O3. The second kappa shape index (κ2) is 6.35. The van der Waals surface area contributed by atoms with Gasteiger partial charge in [0.15, 0.2) is 0 Å². The lowest BCUT2D eigenvalue weighted by atomic mass is 9.81. The molecule has 0 bridgehead atoms. The quantitative estimate of drug-likeness (QED) is 0.794. The first-order valence-electron chi connectivity index (χ1n) is 8.10. The number of nitrogens with zero attached hydrogens (tertiary/aromatic N) is 5. The summed E-state index contributed by atoms with van der Waals surface area (Å²) < 4.78 is 12.9. The van der Waals surface area contributed by atoms with E-state index in [1.54, 1.807) is 18.3 Å². The number of rotatable bonds is 6. The number of carbonyl (C=O) groups excluding carboxylic acids is 1. The van der Waals surface area contributed by atoms with Gasteiger partial charge in [0, 0.05) is 33.4 Å². The Morgan fingerprint density at radius 2 is 2.21 bits per heavy atom. The number of aromatic nitrogens is 4. The third-order valence-corrected chi connectivity index (χ3v) is 4.37. The summed E-state index contributed by atoms with van der Waals surface area (Å²) in [7, 11) is 3.46. The SMILES string of the molecule is CCCC(OC)C(=O)N1CC(C)(c2nnc(-c3cn(C)cn3)o2)C1. The van der Waals surface area contributed by atoms with E-state index < -0.39 is 0 Å². The van der Waals surface area contributed by atoms with E-state index in [0.717, 1.165) is 12.8 Å². The Kier molecular flexibility index (Phi) is 4.40. The predicted molar refractivity (Wildman–Crippen MR) is 86.1 cm³/mol. The fourth-order valence-electron chi connectivity index (χ4n) is 2.99. The van der Waals surface area contributed by atoms with E-state index in [1.165, 1.54) is 0 Å². The fourth-order valence-corrected chi connectivity index (χ4v) is 2.99. The summed E-state index contributed by atoms with van der Waals surface area (Å²) in [5.41, 5.74) is 0.328. The molecular weight excluding hydrogens is 310 g/mol. The summed E-state index contributed by atoms with van der Waals surface area (Å²) in [5, 5.41) is 8.23. The number of hydrogen-bond acceptors (Lipinski definition) is 6. The van der Waals surface area contributed by atoms with E-state index in [9.17, 15) is 4.79 Å². The Morgan fingerprint density at radius 1 is 1.46 bits per heavy atom. The number of imidazole rings is 1. The fraction of sp³-hybridized carbons (Fsp3) is 0.625. The van der Waals surface area contributed by atoms with Gasteiger partial charge in [-0.05, 0) is 13.3 Å². The van der Waals surface area contributed by atoms with Crippen molar-refractivity contribution in [1.82, 2.24) is 24.6 Å². The van der Waals surface area contributed by atoms with Crippen molar-refractivity contribution in [2.45, 2.75) is 38.2 Å². The topological polar surface area (TPSA) is 86.3 Å². The number of carbonyl (C=O) groups is 1. The van der Waals surface area contributed by atoms with Gasteiger partial charge in [0.2, 0.25) is 5.89 Å². The first-order chi connectivity index (χ1) is 11.5. The molecule has 0 N–H and O–H groups in total. The number of amides is 1. The van der Waals surface area contributed by atoms with Crippen LogP contribution in [0.25, 0.3) is 11.6 Å². The van der Waals surface area contributed by atoms with Crippen LogP contribution in [0.4, 0.5) is 0 Å². The summed E-state index contributed by atoms with van der Waals surface area (Å²) in [5.74, 6) is 0.968. The van der Waals surface area contributed by atoms with Crippen LogP contribution < -0.4 is 0 Å². The number of likely N-dealkylation sites (tertiary alicyclic amines) is 1. The van der Waals surface area contributed by atoms with Gasteiger partial charge >= 0.3 is 0 Å². The second-order valence-electron chi connectivity index (χ2n) is 6.60. The van der Waals surface area contributed by atoms with Crippen LogP contribution in [0.3, 0.4) is 0 Å². The second-order valence-corrected chi connectivity index (χ2v) is 6.60. The number of ether oxygens (including phenoxy) is 1. The molecule has 1 saturated heterocycles. The molecule has 1 atom stereocenters. The minimum Gasteiger partial charge on any atom is -0.418 e. The molecule has 0 aliphatic carbocycles. The van der Waals surface area contributed by atoms with E-state index in [4.69, 9.17) is 9.15 Å². The number of aryl methyl sites for hydroxylation is 1. The smallest absolute Gasteiger partial charge is 0.267 e. The molecule has 8 nitrogen and oxygen atoms in total. The van der Waals surface area contributed by atoms with Gasteiger partial charge in [-0.15, -0.1) is 10.2 Å². The maximum atomic E-state index is 12.4. The number of methoxy groups -OCH3 is 1. The van der Waals surface area contributed by atoms with Crippen LogP contribution in [0.5, 0.6) is 0 Å². The predicted octanol–water partition coefficient (Wildman–Crippen LogP) is 1.39. The first kappa shape index (κ1) is 16.6. The molecule has 2 aromatic rings. The van der Waals surface area contributed by atoms with Crippen molar-refractivity contribution in [2.24, 2.45) is 7.05 Å². The molecule has 2 aromatic heterocycles. The van der Waals surface area contributed by atoms with Crippen molar-refractivity contribution in [2.75, 3.05) is 20.2 Å². The zero-order valence-electron chi connectivity index (χ0n) is 14.5. The minimum atomic E-state index is -0.369. The maximum Gasteiger partial charge on any atom is 0.267 e. The maximum absolute atomic E-state index is 12.4. The Morgan fingerprint density at radius 3 is 2.79 bits per heavy atom. The van der Waals surface area contributed by atoms with Crippen LogP contribution in [-0.2, 0) is 22.0 Å². The zero-order valence-corrected chi connectivity index (χ0v) is 14.5. The number of hydrogen-bond donors (Lipinski definition) is 0. The summed E-state index contributed by atoms with van der Waals surface area (Å²) >= 11 is 0. The highest BCUT2D eigenvalue weighted by Crippen LogP contribution is 2.35. The van der Waals surface area contributed by atoms with E-state index in [-0.39, 0.29) is 17.4 Å². The Hall–Kier alpha value is -2.22. The standard InChI is InChI=1S/C16H23N5O3/c1-5-6-12(23-4)14(22)21-8-16(2,9-21)15-19-18-13(24-15)11-7-20(3)10-17-11/h7,10,12H,5-6,8-9H2,1-4H3. The summed E-state index contributed by atoms with van der Waals surface area (Å²) in [6.07, 6.45) is 4.78. The molecule has 0 radical (unpaired) electrons. The molecule has 130 valence electrons. The Balaban J connectivity index is 1.67. The molecule has 1 fully saturated rings. The molecule has 0 spiro atoms. The molecule has 3 heterocycles. The van der Waals surface area contributed by atoms with Crippen LogP contribution in [0, 0.1) is 0 Å². The molecule has 24 heavy (non-hydrogen) atoms. The molecule has 1 unspecified atom stereocenters. The zero-order chi connectivity index (χ0) is 17.3. The summed E-state index contributed by atoms with van der Waals surface area (Å²) in [4.78, 5) is 18.4. The lowest BCUT2D eigenvalue weighted by molar-refractivity contribution is -0.150. The Labute approximate surface area is 140 Å². The van der Waals surface area contributed by atoms with Gasteiger partial charge in [0.05, 0.1) is 11.7 Å². The van der Waals surface area contributed by atoms with Crippen LogP contribution in [0.15, 0.2) is 16.9 Å². The van der Waals surface area contributed by atoms with Gasteiger partial charge in [-0.2, -0.15) is 0 Å². The molecule has 1 aliphatic rings. The normalized spacial score (nSPS) is 17.6. The molecule has 0 aromatic carbocycles. The lowest BCUT2D eigenvalue weighted by Gasteiger charge is -2.46. The largest absolute Gasteiger partial charge is 0.418 e. The molecule has 1 aliphatic heterocycles. The molecule has 3 rings (SSSR count). The average molecular weight is 333 g/mol. The Bertz CT molecular complexity index is 717. The van der Waals surface area contributed by atoms with Crippen molar-refractivity contribution in [3.8, 4) is 11.6 Å². The van der Waals surface area contributed by atoms with Gasteiger partial charge in [0.25, 0.3) is 11.8 Å².